The summed E-state index contributed by atoms with van der Waals surface area (Å²) in [7, 11) is -1.52. The highest BCUT2D eigenvalue weighted by Gasteiger charge is 2.33. The van der Waals surface area contributed by atoms with E-state index < -0.39 is 28.3 Å². The maximum atomic E-state index is 12.5. The molecule has 1 aromatic heterocycles. The van der Waals surface area contributed by atoms with Crippen LogP contribution in [0.3, 0.4) is 0 Å². The van der Waals surface area contributed by atoms with Crippen molar-refractivity contribution in [2.24, 2.45) is 5.92 Å². The molecule has 2 aromatic rings. The van der Waals surface area contributed by atoms with E-state index >= 15 is 0 Å². The van der Waals surface area contributed by atoms with Gasteiger partial charge < -0.3 is 14.6 Å². The second kappa shape index (κ2) is 7.48. The smallest absolute Gasteiger partial charge is 0.338 e. The number of fused-ring (bicyclic) bond motifs is 3. The molecule has 0 saturated carbocycles. The molecule has 0 radical (unpaired) electrons. The Labute approximate surface area is 170 Å². The lowest BCUT2D eigenvalue weighted by Crippen LogP contribution is -2.40. The van der Waals surface area contributed by atoms with E-state index in [2.05, 4.69) is 11.9 Å². The molecule has 1 amide bonds. The predicted octanol–water partition coefficient (Wildman–Crippen LogP) is 2.09. The number of likely N-dealkylation sites (N-methyl/N-ethyl adjacent to an activating group) is 1. The fourth-order valence-electron chi connectivity index (χ4n) is 4.32. The number of aromatic nitrogens is 1. The Hall–Kier alpha value is -2.35. The molecular formula is C21H26N2O5S. The van der Waals surface area contributed by atoms with Gasteiger partial charge in [0, 0.05) is 29.7 Å². The summed E-state index contributed by atoms with van der Waals surface area (Å²) in [5.41, 5.74) is 3.94. The molecule has 0 unspecified atom stereocenters. The number of carbonyl (C=O) groups is 2. The van der Waals surface area contributed by atoms with Gasteiger partial charge in [-0.15, -0.1) is 0 Å². The first kappa shape index (κ1) is 19.9. The lowest BCUT2D eigenvalue weighted by Gasteiger charge is -2.23. The maximum absolute atomic E-state index is 12.5. The standard InChI is InChI=1S/C21H26N2O5S/c1-13-3-5-18-16(9-13)17-10-14(4-6-19(17)22-18)21(25)28-11-20(24)23(2)15-7-8-29(26,27)12-15/h4,6,10,13,15,22H,3,5,7-9,11-12H2,1-2H3/t13-,15+/m1/s1. The maximum Gasteiger partial charge on any atom is 0.338 e. The monoisotopic (exact) mass is 418 g/mol. The number of aryl methyl sites for hydroxylation is 1. The van der Waals surface area contributed by atoms with E-state index in [4.69, 9.17) is 4.74 Å². The highest BCUT2D eigenvalue weighted by Crippen LogP contribution is 2.32. The molecule has 1 saturated heterocycles. The van der Waals surface area contributed by atoms with Gasteiger partial charge in [0.1, 0.15) is 0 Å². The summed E-state index contributed by atoms with van der Waals surface area (Å²) in [5.74, 6) is -0.267. The first-order chi connectivity index (χ1) is 13.7. The zero-order valence-corrected chi connectivity index (χ0v) is 17.5. The van der Waals surface area contributed by atoms with E-state index in [0.29, 0.717) is 17.9 Å². The molecule has 1 aliphatic heterocycles. The van der Waals surface area contributed by atoms with Gasteiger partial charge >= 0.3 is 5.97 Å². The number of aromatic amines is 1. The molecule has 8 heteroatoms. The third kappa shape index (κ3) is 4.03. The predicted molar refractivity (Wildman–Crippen MR) is 110 cm³/mol. The molecule has 0 spiro atoms. The topological polar surface area (TPSA) is 96.5 Å². The van der Waals surface area contributed by atoms with Crippen LogP contribution in [-0.2, 0) is 32.2 Å². The molecule has 7 nitrogen and oxygen atoms in total. The molecule has 156 valence electrons. The minimum atomic E-state index is -3.08. The molecule has 0 bridgehead atoms. The van der Waals surface area contributed by atoms with Crippen LogP contribution in [0.2, 0.25) is 0 Å². The van der Waals surface area contributed by atoms with Gasteiger partial charge in [-0.05, 0) is 55.4 Å². The number of sulfone groups is 1. The molecule has 4 rings (SSSR count). The normalized spacial score (nSPS) is 23.0. The number of benzene rings is 1. The van der Waals surface area contributed by atoms with Crippen molar-refractivity contribution in [3.8, 4) is 0 Å². The van der Waals surface area contributed by atoms with E-state index in [1.165, 1.54) is 16.2 Å². The zero-order chi connectivity index (χ0) is 20.8. The van der Waals surface area contributed by atoms with Crippen LogP contribution in [0.25, 0.3) is 10.9 Å². The van der Waals surface area contributed by atoms with Crippen LogP contribution in [0.5, 0.6) is 0 Å². The van der Waals surface area contributed by atoms with Crippen molar-refractivity contribution in [2.75, 3.05) is 25.2 Å². The number of hydrogen-bond donors (Lipinski definition) is 1. The van der Waals surface area contributed by atoms with Crippen molar-refractivity contribution in [1.29, 1.82) is 0 Å². The SMILES string of the molecule is C[C@@H]1CCc2[nH]c3ccc(C(=O)OCC(=O)N(C)[C@H]4CCS(=O)(=O)C4)cc3c2C1. The van der Waals surface area contributed by atoms with E-state index in [1.807, 2.05) is 12.1 Å². The molecule has 2 atom stereocenters. The highest BCUT2D eigenvalue weighted by molar-refractivity contribution is 7.91. The molecule has 1 aliphatic carbocycles. The zero-order valence-electron chi connectivity index (χ0n) is 16.7. The molecule has 29 heavy (non-hydrogen) atoms. The molecule has 1 N–H and O–H groups in total. The number of hydrogen-bond acceptors (Lipinski definition) is 5. The average Bonchev–Trinajstić information content (AvgIpc) is 3.24. The van der Waals surface area contributed by atoms with Gasteiger partial charge in [-0.25, -0.2) is 13.2 Å². The van der Waals surface area contributed by atoms with E-state index in [-0.39, 0.29) is 17.5 Å². The summed E-state index contributed by atoms with van der Waals surface area (Å²) < 4.78 is 28.4. The number of rotatable bonds is 4. The number of nitrogens with zero attached hydrogens (tertiary/aromatic N) is 1. The third-order valence-corrected chi connectivity index (χ3v) is 7.90. The molecule has 1 fully saturated rings. The minimum Gasteiger partial charge on any atom is -0.452 e. The third-order valence-electron chi connectivity index (χ3n) is 6.15. The van der Waals surface area contributed by atoms with Gasteiger partial charge in [0.05, 0.1) is 17.1 Å². The van der Waals surface area contributed by atoms with Crippen LogP contribution in [0, 0.1) is 5.92 Å². The lowest BCUT2D eigenvalue weighted by molar-refractivity contribution is -0.134. The quantitative estimate of drug-likeness (QED) is 0.767. The van der Waals surface area contributed by atoms with Crippen molar-refractivity contribution in [1.82, 2.24) is 9.88 Å². The van der Waals surface area contributed by atoms with Crippen molar-refractivity contribution >= 4 is 32.6 Å². The van der Waals surface area contributed by atoms with Crippen LogP contribution in [-0.4, -0.2) is 61.4 Å². The average molecular weight is 419 g/mol. The number of nitrogens with one attached hydrogen (secondary N) is 1. The molecular weight excluding hydrogens is 392 g/mol. The van der Waals surface area contributed by atoms with Crippen LogP contribution in [0.1, 0.15) is 41.4 Å². The molecule has 2 aliphatic rings. The largest absolute Gasteiger partial charge is 0.452 e. The van der Waals surface area contributed by atoms with Crippen molar-refractivity contribution in [3.63, 3.8) is 0 Å². The van der Waals surface area contributed by atoms with Crippen LogP contribution < -0.4 is 0 Å². The number of H-pyrrole nitrogens is 1. The fraction of sp³-hybridized carbons (Fsp3) is 0.524. The summed E-state index contributed by atoms with van der Waals surface area (Å²) in [6, 6.07) is 5.07. The minimum absolute atomic E-state index is 0.0309. The summed E-state index contributed by atoms with van der Waals surface area (Å²) in [6.07, 6.45) is 3.59. The van der Waals surface area contributed by atoms with E-state index in [9.17, 15) is 18.0 Å². The van der Waals surface area contributed by atoms with Crippen molar-refractivity contribution in [3.05, 3.63) is 35.0 Å². The van der Waals surface area contributed by atoms with E-state index in [1.54, 1.807) is 13.1 Å². The first-order valence-electron chi connectivity index (χ1n) is 10.00. The number of esters is 1. The van der Waals surface area contributed by atoms with Crippen molar-refractivity contribution in [2.45, 2.75) is 38.6 Å². The Bertz CT molecular complexity index is 1070. The van der Waals surface area contributed by atoms with Crippen LogP contribution >= 0.6 is 0 Å². The summed E-state index contributed by atoms with van der Waals surface area (Å²) >= 11 is 0. The number of ether oxygens (including phenoxy) is 1. The Balaban J connectivity index is 1.42. The van der Waals surface area contributed by atoms with Gasteiger partial charge in [0.15, 0.2) is 16.4 Å². The lowest BCUT2D eigenvalue weighted by atomic mass is 9.87. The Morgan fingerprint density at radius 3 is 2.79 bits per heavy atom. The summed E-state index contributed by atoms with van der Waals surface area (Å²) in [6.45, 7) is 1.84. The van der Waals surface area contributed by atoms with Gasteiger partial charge in [-0.1, -0.05) is 6.92 Å². The highest BCUT2D eigenvalue weighted by atomic mass is 32.2. The second-order valence-corrected chi connectivity index (χ2v) is 10.6. The Kier molecular flexibility index (Phi) is 5.14. The summed E-state index contributed by atoms with van der Waals surface area (Å²) in [5, 5.41) is 1.04. The molecule has 2 heterocycles. The summed E-state index contributed by atoms with van der Waals surface area (Å²) in [4.78, 5) is 29.6. The Morgan fingerprint density at radius 2 is 2.07 bits per heavy atom. The molecule has 1 aromatic carbocycles. The van der Waals surface area contributed by atoms with Gasteiger partial charge in [-0.2, -0.15) is 0 Å². The van der Waals surface area contributed by atoms with Gasteiger partial charge in [0.2, 0.25) is 0 Å². The first-order valence-corrected chi connectivity index (χ1v) is 11.8. The van der Waals surface area contributed by atoms with Gasteiger partial charge in [-0.3, -0.25) is 4.79 Å². The number of amides is 1. The van der Waals surface area contributed by atoms with Gasteiger partial charge in [0.25, 0.3) is 5.91 Å². The van der Waals surface area contributed by atoms with Crippen LogP contribution in [0.4, 0.5) is 0 Å². The second-order valence-electron chi connectivity index (χ2n) is 8.33. The fourth-order valence-corrected chi connectivity index (χ4v) is 6.09. The Morgan fingerprint density at radius 1 is 1.28 bits per heavy atom. The van der Waals surface area contributed by atoms with Crippen molar-refractivity contribution < 1.29 is 22.7 Å². The van der Waals surface area contributed by atoms with Crippen LogP contribution in [0.15, 0.2) is 18.2 Å². The number of carbonyl (C=O) groups excluding carboxylic acids is 2. The van der Waals surface area contributed by atoms with E-state index in [0.717, 1.165) is 30.2 Å².